The van der Waals surface area contributed by atoms with Crippen molar-refractivity contribution in [2.24, 2.45) is 5.92 Å². The van der Waals surface area contributed by atoms with E-state index in [2.05, 4.69) is 39.8 Å². The Balaban J connectivity index is 1.75. The Morgan fingerprint density at radius 3 is 2.71 bits per heavy atom. The number of hydrogen-bond acceptors (Lipinski definition) is 3. The van der Waals surface area contributed by atoms with Crippen molar-refractivity contribution in [3.8, 4) is 16.9 Å². The fourth-order valence-corrected chi connectivity index (χ4v) is 5.06. The van der Waals surface area contributed by atoms with E-state index in [9.17, 15) is 9.90 Å². The molecule has 2 aliphatic heterocycles. The molecule has 2 aromatic rings. The summed E-state index contributed by atoms with van der Waals surface area (Å²) >= 11 is 0. The second-order valence-electron chi connectivity index (χ2n) is 9.39. The van der Waals surface area contributed by atoms with Gasteiger partial charge in [0.05, 0.1) is 17.8 Å². The van der Waals surface area contributed by atoms with E-state index in [0.29, 0.717) is 5.56 Å². The number of ether oxygens (including phenoxy) is 2. The molecule has 4 rings (SSSR count). The normalized spacial score (nSPS) is 26.9. The molecule has 2 aliphatic rings. The molecule has 0 spiro atoms. The first-order chi connectivity index (χ1) is 14.8. The van der Waals surface area contributed by atoms with Gasteiger partial charge < -0.3 is 14.6 Å². The van der Waals surface area contributed by atoms with Gasteiger partial charge in [-0.3, -0.25) is 0 Å². The van der Waals surface area contributed by atoms with Crippen LogP contribution in [0.1, 0.15) is 75.4 Å². The molecule has 1 fully saturated rings. The number of carboxylic acid groups (broad SMARTS) is 1. The van der Waals surface area contributed by atoms with Gasteiger partial charge in [0, 0.05) is 11.5 Å². The summed E-state index contributed by atoms with van der Waals surface area (Å²) in [5.41, 5.74) is 3.98. The van der Waals surface area contributed by atoms with Gasteiger partial charge in [0.25, 0.3) is 0 Å². The molecule has 1 saturated heterocycles. The average molecular weight is 421 g/mol. The lowest BCUT2D eigenvalue weighted by molar-refractivity contribution is -0.151. The van der Waals surface area contributed by atoms with Gasteiger partial charge >= 0.3 is 5.97 Å². The van der Waals surface area contributed by atoms with Crippen LogP contribution in [0.2, 0.25) is 0 Å². The predicted molar refractivity (Wildman–Crippen MR) is 123 cm³/mol. The first-order valence-electron chi connectivity index (χ1n) is 11.2. The fourth-order valence-electron chi connectivity index (χ4n) is 5.06. The number of fused-ring (bicyclic) bond motifs is 3. The summed E-state index contributed by atoms with van der Waals surface area (Å²) in [4.78, 5) is 11.7. The van der Waals surface area contributed by atoms with Crippen molar-refractivity contribution in [2.75, 3.05) is 0 Å². The molecule has 4 atom stereocenters. The van der Waals surface area contributed by atoms with Crippen LogP contribution in [0, 0.1) is 5.92 Å². The van der Waals surface area contributed by atoms with Gasteiger partial charge in [-0.05, 0) is 82.7 Å². The third-order valence-electron chi connectivity index (χ3n) is 6.73. The highest BCUT2D eigenvalue weighted by Crippen LogP contribution is 2.52. The minimum Gasteiger partial charge on any atom is -0.487 e. The first kappa shape index (κ1) is 21.6. The lowest BCUT2D eigenvalue weighted by Crippen LogP contribution is -2.50. The summed E-state index contributed by atoms with van der Waals surface area (Å²) < 4.78 is 13.1. The van der Waals surface area contributed by atoms with Crippen molar-refractivity contribution < 1.29 is 19.4 Å². The van der Waals surface area contributed by atoms with Crippen LogP contribution in [0.3, 0.4) is 0 Å². The molecule has 0 saturated carbocycles. The molecule has 4 heteroatoms. The van der Waals surface area contributed by atoms with Crippen molar-refractivity contribution in [3.05, 3.63) is 65.2 Å². The van der Waals surface area contributed by atoms with Crippen LogP contribution in [0.15, 0.2) is 54.1 Å². The largest absolute Gasteiger partial charge is 0.487 e. The first-order valence-corrected chi connectivity index (χ1v) is 11.2. The van der Waals surface area contributed by atoms with Crippen molar-refractivity contribution >= 4 is 5.97 Å². The van der Waals surface area contributed by atoms with Gasteiger partial charge in [0.1, 0.15) is 11.4 Å². The monoisotopic (exact) mass is 420 g/mol. The third kappa shape index (κ3) is 4.27. The van der Waals surface area contributed by atoms with Gasteiger partial charge in [-0.15, -0.1) is 0 Å². The molecule has 0 aliphatic carbocycles. The maximum Gasteiger partial charge on any atom is 0.336 e. The fraction of sp³-hybridized carbons (Fsp3) is 0.444. The summed E-state index contributed by atoms with van der Waals surface area (Å²) in [7, 11) is 0. The lowest BCUT2D eigenvalue weighted by atomic mass is 9.72. The number of rotatable bonds is 5. The summed E-state index contributed by atoms with van der Waals surface area (Å²) in [5, 5.41) is 9.62. The van der Waals surface area contributed by atoms with E-state index >= 15 is 0 Å². The summed E-state index contributed by atoms with van der Waals surface area (Å²) in [6.45, 7) is 8.61. The molecule has 0 unspecified atom stereocenters. The minimum absolute atomic E-state index is 0.0406. The Hall–Kier alpha value is -2.59. The molecule has 2 heterocycles. The molecular formula is C27H32O4. The van der Waals surface area contributed by atoms with Gasteiger partial charge in [0.15, 0.2) is 0 Å². The molecular weight excluding hydrogens is 388 g/mol. The SMILES string of the molecule is CC(C)=CCC[C@]1(C)Oc2ccc(-c3ccccc3C(=O)O)cc2[C@@H]2O[C@H](C)CC[C@H]21. The lowest BCUT2D eigenvalue weighted by Gasteiger charge is -2.50. The highest BCUT2D eigenvalue weighted by Gasteiger charge is 2.49. The number of benzene rings is 2. The van der Waals surface area contributed by atoms with E-state index in [1.165, 1.54) is 5.57 Å². The summed E-state index contributed by atoms with van der Waals surface area (Å²) in [6, 6.07) is 13.2. The zero-order valence-electron chi connectivity index (χ0n) is 18.9. The van der Waals surface area contributed by atoms with Crippen LogP contribution in [0.25, 0.3) is 11.1 Å². The minimum atomic E-state index is -0.920. The summed E-state index contributed by atoms with van der Waals surface area (Å²) in [6.07, 6.45) is 6.45. The highest BCUT2D eigenvalue weighted by atomic mass is 16.5. The Kier molecular flexibility index (Phi) is 5.94. The molecule has 31 heavy (non-hydrogen) atoms. The van der Waals surface area contributed by atoms with Crippen LogP contribution in [-0.2, 0) is 4.74 Å². The quantitative estimate of drug-likeness (QED) is 0.540. The van der Waals surface area contributed by atoms with Crippen molar-refractivity contribution in [2.45, 2.75) is 71.2 Å². The van der Waals surface area contributed by atoms with Gasteiger partial charge in [-0.1, -0.05) is 35.9 Å². The van der Waals surface area contributed by atoms with E-state index in [-0.39, 0.29) is 23.7 Å². The molecule has 0 amide bonds. The summed E-state index contributed by atoms with van der Waals surface area (Å²) in [5.74, 6) is 0.204. The van der Waals surface area contributed by atoms with Gasteiger partial charge in [-0.25, -0.2) is 4.79 Å². The van der Waals surface area contributed by atoms with E-state index in [0.717, 1.165) is 48.1 Å². The second kappa shape index (κ2) is 8.51. The molecule has 0 bridgehead atoms. The maximum atomic E-state index is 11.7. The van der Waals surface area contributed by atoms with Crippen LogP contribution >= 0.6 is 0 Å². The standard InChI is InChI=1S/C27H32O4/c1-17(2)8-7-15-27(4)23-13-11-18(3)30-25(23)22-16-19(12-14-24(22)31-27)20-9-5-6-10-21(20)26(28)29/h5-6,8-10,12,14,16,18,23,25H,7,11,13,15H2,1-4H3,(H,28,29)/t18-,23-,25+,27+/m1/s1. The van der Waals surface area contributed by atoms with Crippen molar-refractivity contribution in [1.29, 1.82) is 0 Å². The number of allylic oxidation sites excluding steroid dienone is 2. The second-order valence-corrected chi connectivity index (χ2v) is 9.39. The van der Waals surface area contributed by atoms with Crippen molar-refractivity contribution in [3.63, 3.8) is 0 Å². The highest BCUT2D eigenvalue weighted by molar-refractivity contribution is 5.96. The zero-order valence-corrected chi connectivity index (χ0v) is 18.9. The topological polar surface area (TPSA) is 55.8 Å². The van der Waals surface area contributed by atoms with E-state index < -0.39 is 5.97 Å². The smallest absolute Gasteiger partial charge is 0.336 e. The Labute approximate surface area is 184 Å². The molecule has 1 N–H and O–H groups in total. The molecule has 4 nitrogen and oxygen atoms in total. The predicted octanol–water partition coefficient (Wildman–Crippen LogP) is 6.81. The number of aromatic carboxylic acids is 1. The Bertz CT molecular complexity index is 1000. The third-order valence-corrected chi connectivity index (χ3v) is 6.73. The van der Waals surface area contributed by atoms with Gasteiger partial charge in [-0.2, -0.15) is 0 Å². The van der Waals surface area contributed by atoms with Crippen LogP contribution in [0.4, 0.5) is 0 Å². The number of carbonyl (C=O) groups is 1. The van der Waals surface area contributed by atoms with Gasteiger partial charge in [0.2, 0.25) is 0 Å². The molecule has 0 radical (unpaired) electrons. The van der Waals surface area contributed by atoms with E-state index in [1.807, 2.05) is 24.3 Å². The zero-order chi connectivity index (χ0) is 22.2. The van der Waals surface area contributed by atoms with Crippen LogP contribution in [-0.4, -0.2) is 22.8 Å². The van der Waals surface area contributed by atoms with E-state index in [4.69, 9.17) is 9.47 Å². The van der Waals surface area contributed by atoms with Crippen LogP contribution in [0.5, 0.6) is 5.75 Å². The number of hydrogen-bond donors (Lipinski definition) is 1. The number of carboxylic acids is 1. The molecule has 2 aromatic carbocycles. The molecule has 0 aromatic heterocycles. The maximum absolute atomic E-state index is 11.7. The average Bonchev–Trinajstić information content (AvgIpc) is 2.73. The Morgan fingerprint density at radius 1 is 1.19 bits per heavy atom. The van der Waals surface area contributed by atoms with Crippen molar-refractivity contribution in [1.82, 2.24) is 0 Å². The van der Waals surface area contributed by atoms with Crippen LogP contribution < -0.4 is 4.74 Å². The Morgan fingerprint density at radius 2 is 1.97 bits per heavy atom. The molecule has 164 valence electrons. The van der Waals surface area contributed by atoms with E-state index in [1.54, 1.807) is 12.1 Å².